The van der Waals surface area contributed by atoms with Crippen LogP contribution in [0.5, 0.6) is 0 Å². The average Bonchev–Trinajstić information content (AvgIpc) is 3.01. The number of ether oxygens (including phenoxy) is 1. The quantitative estimate of drug-likeness (QED) is 0.675. The van der Waals surface area contributed by atoms with E-state index in [0.29, 0.717) is 16.8 Å². The number of halogens is 1. The number of esters is 1. The minimum absolute atomic E-state index is 0.0649. The molecule has 2 aromatic carbocycles. The van der Waals surface area contributed by atoms with Crippen LogP contribution in [0.1, 0.15) is 23.0 Å². The van der Waals surface area contributed by atoms with Crippen LogP contribution >= 0.6 is 0 Å². The van der Waals surface area contributed by atoms with Gasteiger partial charge in [-0.1, -0.05) is 18.2 Å². The number of furan rings is 1. The smallest absolute Gasteiger partial charge is 0.374 e. The van der Waals surface area contributed by atoms with E-state index in [1.165, 1.54) is 24.3 Å². The monoisotopic (exact) mass is 356 g/mol. The Labute approximate surface area is 148 Å². The summed E-state index contributed by atoms with van der Waals surface area (Å²) in [4.78, 5) is 24.2. The molecule has 3 rings (SSSR count). The highest BCUT2D eigenvalue weighted by Gasteiger charge is 2.21. The average molecular weight is 356 g/mol. The van der Waals surface area contributed by atoms with Crippen LogP contribution in [0, 0.1) is 5.82 Å². The Morgan fingerprint density at radius 3 is 2.58 bits per heavy atom. The molecular weight excluding hydrogens is 339 g/mol. The lowest BCUT2D eigenvalue weighted by atomic mass is 10.1. The number of anilines is 1. The second-order valence-electron chi connectivity index (χ2n) is 5.44. The summed E-state index contributed by atoms with van der Waals surface area (Å²) in [7, 11) is 0. The SMILES string of the molecule is CCOC(=O)c1oc2ccccc2c1CNC(=O)Nc1ccc(F)cc1. The molecule has 6 nitrogen and oxygen atoms in total. The Morgan fingerprint density at radius 2 is 1.85 bits per heavy atom. The molecule has 0 bridgehead atoms. The number of amides is 2. The summed E-state index contributed by atoms with van der Waals surface area (Å²) in [6.07, 6.45) is 0. The zero-order valence-electron chi connectivity index (χ0n) is 14.0. The fourth-order valence-corrected chi connectivity index (χ4v) is 2.51. The predicted octanol–water partition coefficient (Wildman–Crippen LogP) is 4.07. The summed E-state index contributed by atoms with van der Waals surface area (Å²) in [5.74, 6) is -0.908. The lowest BCUT2D eigenvalue weighted by molar-refractivity contribution is 0.0490. The molecule has 0 fully saturated rings. The molecule has 0 aliphatic carbocycles. The summed E-state index contributed by atoms with van der Waals surface area (Å²) >= 11 is 0. The van der Waals surface area contributed by atoms with Gasteiger partial charge < -0.3 is 19.8 Å². The number of fused-ring (bicyclic) bond motifs is 1. The summed E-state index contributed by atoms with van der Waals surface area (Å²) in [5, 5.41) is 5.98. The van der Waals surface area contributed by atoms with Crippen molar-refractivity contribution in [2.24, 2.45) is 0 Å². The summed E-state index contributed by atoms with van der Waals surface area (Å²) in [5.41, 5.74) is 1.52. The molecule has 0 saturated carbocycles. The van der Waals surface area contributed by atoms with E-state index in [1.54, 1.807) is 25.1 Å². The van der Waals surface area contributed by atoms with Gasteiger partial charge in [0.25, 0.3) is 0 Å². The third-order valence-electron chi connectivity index (χ3n) is 3.69. The van der Waals surface area contributed by atoms with E-state index in [2.05, 4.69) is 10.6 Å². The van der Waals surface area contributed by atoms with Crippen molar-refractivity contribution in [1.82, 2.24) is 5.32 Å². The van der Waals surface area contributed by atoms with E-state index in [4.69, 9.17) is 9.15 Å². The molecule has 0 unspecified atom stereocenters. The zero-order chi connectivity index (χ0) is 18.5. The number of benzene rings is 2. The van der Waals surface area contributed by atoms with Gasteiger partial charge in [-0.05, 0) is 37.3 Å². The molecule has 1 heterocycles. The molecule has 0 saturated heterocycles. The molecule has 0 atom stereocenters. The third-order valence-corrected chi connectivity index (χ3v) is 3.69. The molecule has 2 amide bonds. The Bertz CT molecular complexity index is 934. The number of para-hydroxylation sites is 1. The van der Waals surface area contributed by atoms with Crippen LogP contribution in [0.25, 0.3) is 11.0 Å². The fraction of sp³-hybridized carbons (Fsp3) is 0.158. The minimum Gasteiger partial charge on any atom is -0.460 e. The van der Waals surface area contributed by atoms with E-state index in [9.17, 15) is 14.0 Å². The van der Waals surface area contributed by atoms with Crippen LogP contribution in [0.3, 0.4) is 0 Å². The van der Waals surface area contributed by atoms with Gasteiger partial charge in [0.05, 0.1) is 6.61 Å². The Balaban J connectivity index is 1.76. The second-order valence-corrected chi connectivity index (χ2v) is 5.44. The van der Waals surface area contributed by atoms with Crippen molar-refractivity contribution in [1.29, 1.82) is 0 Å². The molecule has 0 aliphatic rings. The first kappa shape index (κ1) is 17.5. The summed E-state index contributed by atoms with van der Waals surface area (Å²) < 4.78 is 23.5. The van der Waals surface area contributed by atoms with Gasteiger partial charge >= 0.3 is 12.0 Å². The largest absolute Gasteiger partial charge is 0.460 e. The molecule has 3 aromatic rings. The van der Waals surface area contributed by atoms with Gasteiger partial charge in [-0.25, -0.2) is 14.0 Å². The number of carbonyl (C=O) groups excluding carboxylic acids is 2. The second kappa shape index (κ2) is 7.69. The van der Waals surface area contributed by atoms with Crippen LogP contribution in [-0.2, 0) is 11.3 Å². The predicted molar refractivity (Wildman–Crippen MR) is 94.4 cm³/mol. The van der Waals surface area contributed by atoms with Gasteiger partial charge in [0.1, 0.15) is 11.4 Å². The Kier molecular flexibility index (Phi) is 5.17. The van der Waals surface area contributed by atoms with Crippen molar-refractivity contribution in [2.45, 2.75) is 13.5 Å². The highest BCUT2D eigenvalue weighted by atomic mass is 19.1. The summed E-state index contributed by atoms with van der Waals surface area (Å²) in [6.45, 7) is 1.99. The molecule has 0 aliphatic heterocycles. The number of hydrogen-bond acceptors (Lipinski definition) is 4. The van der Waals surface area contributed by atoms with E-state index < -0.39 is 12.0 Å². The van der Waals surface area contributed by atoms with Gasteiger partial charge in [-0.3, -0.25) is 0 Å². The van der Waals surface area contributed by atoms with Crippen LogP contribution in [0.15, 0.2) is 52.9 Å². The number of nitrogens with one attached hydrogen (secondary N) is 2. The highest BCUT2D eigenvalue weighted by Crippen LogP contribution is 2.26. The lowest BCUT2D eigenvalue weighted by Crippen LogP contribution is -2.28. The van der Waals surface area contributed by atoms with E-state index >= 15 is 0 Å². The van der Waals surface area contributed by atoms with Crippen molar-refractivity contribution >= 4 is 28.7 Å². The Morgan fingerprint density at radius 1 is 1.12 bits per heavy atom. The lowest BCUT2D eigenvalue weighted by Gasteiger charge is -2.08. The van der Waals surface area contributed by atoms with Crippen LogP contribution in [0.4, 0.5) is 14.9 Å². The first-order valence-electron chi connectivity index (χ1n) is 8.06. The van der Waals surface area contributed by atoms with Crippen molar-refractivity contribution in [3.05, 3.63) is 65.7 Å². The van der Waals surface area contributed by atoms with E-state index in [-0.39, 0.29) is 24.7 Å². The number of rotatable bonds is 5. The molecule has 26 heavy (non-hydrogen) atoms. The van der Waals surface area contributed by atoms with E-state index in [1.807, 2.05) is 6.07 Å². The van der Waals surface area contributed by atoms with Crippen LogP contribution in [-0.4, -0.2) is 18.6 Å². The van der Waals surface area contributed by atoms with Crippen molar-refractivity contribution < 1.29 is 23.1 Å². The molecule has 1 aromatic heterocycles. The van der Waals surface area contributed by atoms with Gasteiger partial charge in [0.15, 0.2) is 0 Å². The molecule has 0 radical (unpaired) electrons. The summed E-state index contributed by atoms with van der Waals surface area (Å²) in [6, 6.07) is 12.1. The normalized spacial score (nSPS) is 10.5. The van der Waals surface area contributed by atoms with Crippen LogP contribution in [0.2, 0.25) is 0 Å². The maximum Gasteiger partial charge on any atom is 0.374 e. The highest BCUT2D eigenvalue weighted by molar-refractivity contribution is 5.96. The number of carbonyl (C=O) groups is 2. The fourth-order valence-electron chi connectivity index (χ4n) is 2.51. The molecule has 134 valence electrons. The number of urea groups is 1. The van der Waals surface area contributed by atoms with Gasteiger partial charge in [-0.2, -0.15) is 0 Å². The first-order valence-corrected chi connectivity index (χ1v) is 8.06. The molecular formula is C19H17FN2O4. The zero-order valence-corrected chi connectivity index (χ0v) is 14.0. The first-order chi connectivity index (χ1) is 12.6. The maximum absolute atomic E-state index is 12.9. The van der Waals surface area contributed by atoms with Crippen molar-refractivity contribution in [3.63, 3.8) is 0 Å². The molecule has 7 heteroatoms. The topological polar surface area (TPSA) is 80.6 Å². The maximum atomic E-state index is 12.9. The van der Waals surface area contributed by atoms with E-state index in [0.717, 1.165) is 5.39 Å². The van der Waals surface area contributed by atoms with Crippen molar-refractivity contribution in [3.8, 4) is 0 Å². The van der Waals surface area contributed by atoms with Crippen molar-refractivity contribution in [2.75, 3.05) is 11.9 Å². The standard InChI is InChI=1S/C19H17FN2O4/c1-2-25-18(23)17-15(14-5-3-4-6-16(14)26-17)11-21-19(24)22-13-9-7-12(20)8-10-13/h3-10H,2,11H2,1H3,(H2,21,22,24). The number of hydrogen-bond donors (Lipinski definition) is 2. The van der Waals surface area contributed by atoms with Crippen LogP contribution < -0.4 is 10.6 Å². The van der Waals surface area contributed by atoms with Gasteiger partial charge in [0, 0.05) is 23.2 Å². The third kappa shape index (κ3) is 3.83. The van der Waals surface area contributed by atoms with Gasteiger partial charge in [0.2, 0.25) is 5.76 Å². The van der Waals surface area contributed by atoms with Gasteiger partial charge in [-0.15, -0.1) is 0 Å². The molecule has 0 spiro atoms. The Hall–Kier alpha value is -3.35. The minimum atomic E-state index is -0.584. The molecule has 2 N–H and O–H groups in total.